The van der Waals surface area contributed by atoms with Gasteiger partial charge in [-0.25, -0.2) is 4.79 Å². The minimum absolute atomic E-state index is 0. The maximum absolute atomic E-state index is 13.0. The maximum atomic E-state index is 13.0. The zero-order valence-electron chi connectivity index (χ0n) is 24.7. The van der Waals surface area contributed by atoms with Crippen molar-refractivity contribution in [3.63, 3.8) is 0 Å². The Morgan fingerprint density at radius 1 is 1.12 bits per heavy atom. The molecule has 3 saturated heterocycles. The van der Waals surface area contributed by atoms with Gasteiger partial charge in [-0.3, -0.25) is 19.4 Å². The number of carbonyl (C=O) groups is 4. The molecule has 11 nitrogen and oxygen atoms in total. The van der Waals surface area contributed by atoms with Gasteiger partial charge in [0.25, 0.3) is 11.8 Å². The first-order chi connectivity index (χ1) is 19.4. The molecule has 0 unspecified atom stereocenters. The summed E-state index contributed by atoms with van der Waals surface area (Å²) in [5, 5.41) is 2.61. The monoisotopic (exact) mass is 624 g/mol. The lowest BCUT2D eigenvalue weighted by Gasteiger charge is -2.42. The number of halogens is 1. The Balaban J connectivity index is 0.00000484. The standard InChI is InChI=1S/C29H40N4O7S.ClH/c1-28(2,3)27(37)40-18-39-26(36)22-29(4,5)41-25-21(24(35)33(22)25)31-17-32-14-11-20(12-15-32)38-16-13-30-23(34)19-9-7-6-8-10-19;/h6-10,17,20-22,25H,11-16,18H2,1-5H3,(H,30,34);1H/t21-,22+,25-;/m1./s1. The number of ether oxygens (including phenoxy) is 3. The fraction of sp³-hybridized carbons (Fsp3) is 0.621. The summed E-state index contributed by atoms with van der Waals surface area (Å²) in [7, 11) is 0. The van der Waals surface area contributed by atoms with E-state index in [9.17, 15) is 19.2 Å². The summed E-state index contributed by atoms with van der Waals surface area (Å²) in [5.41, 5.74) is -0.0787. The topological polar surface area (TPSA) is 127 Å². The van der Waals surface area contributed by atoms with Crippen LogP contribution in [0.1, 0.15) is 57.8 Å². The Kier molecular flexibility index (Phi) is 11.3. The Morgan fingerprint density at radius 2 is 1.79 bits per heavy atom. The third-order valence-electron chi connectivity index (χ3n) is 7.28. The van der Waals surface area contributed by atoms with E-state index in [1.54, 1.807) is 39.2 Å². The molecular weight excluding hydrogens is 584 g/mol. The molecule has 0 radical (unpaired) electrons. The van der Waals surface area contributed by atoms with Crippen LogP contribution in [0.3, 0.4) is 0 Å². The van der Waals surface area contributed by atoms with Gasteiger partial charge in [0.05, 0.1) is 24.5 Å². The lowest BCUT2D eigenvalue weighted by molar-refractivity contribution is -0.179. The second kappa shape index (κ2) is 14.1. The smallest absolute Gasteiger partial charge is 0.333 e. The average molecular weight is 625 g/mol. The summed E-state index contributed by atoms with van der Waals surface area (Å²) >= 11 is 1.52. The van der Waals surface area contributed by atoms with Gasteiger partial charge in [-0.05, 0) is 59.6 Å². The van der Waals surface area contributed by atoms with Crippen molar-refractivity contribution in [1.82, 2.24) is 15.1 Å². The normalized spacial score (nSPS) is 23.5. The number of aliphatic imine (C=N–C) groups is 1. The van der Waals surface area contributed by atoms with Gasteiger partial charge in [0, 0.05) is 29.9 Å². The van der Waals surface area contributed by atoms with E-state index in [1.165, 1.54) is 16.7 Å². The van der Waals surface area contributed by atoms with Gasteiger partial charge >= 0.3 is 11.9 Å². The third-order valence-corrected chi connectivity index (χ3v) is 8.84. The third kappa shape index (κ3) is 7.96. The van der Waals surface area contributed by atoms with Crippen LogP contribution in [0.2, 0.25) is 0 Å². The van der Waals surface area contributed by atoms with Crippen LogP contribution < -0.4 is 5.32 Å². The van der Waals surface area contributed by atoms with Crippen molar-refractivity contribution < 1.29 is 33.4 Å². The van der Waals surface area contributed by atoms with Crippen molar-refractivity contribution >= 4 is 54.3 Å². The minimum atomic E-state index is -0.782. The molecule has 3 fully saturated rings. The first-order valence-electron chi connectivity index (χ1n) is 13.9. The molecule has 2 amide bonds. The number of likely N-dealkylation sites (tertiary alicyclic amines) is 1. The van der Waals surface area contributed by atoms with E-state index in [0.29, 0.717) is 18.7 Å². The number of hydrogen-bond acceptors (Lipinski definition) is 9. The Morgan fingerprint density at radius 3 is 2.43 bits per heavy atom. The van der Waals surface area contributed by atoms with Crippen LogP contribution in [0.25, 0.3) is 0 Å². The molecule has 42 heavy (non-hydrogen) atoms. The number of benzene rings is 1. The minimum Gasteiger partial charge on any atom is -0.427 e. The van der Waals surface area contributed by atoms with E-state index in [1.807, 2.05) is 32.0 Å². The number of amides is 2. The fourth-order valence-corrected chi connectivity index (χ4v) is 6.57. The molecule has 232 valence electrons. The molecule has 3 heterocycles. The van der Waals surface area contributed by atoms with Gasteiger partial charge in [0.2, 0.25) is 6.79 Å². The van der Waals surface area contributed by atoms with Crippen molar-refractivity contribution in [1.29, 1.82) is 0 Å². The molecule has 3 atom stereocenters. The lowest BCUT2D eigenvalue weighted by Crippen LogP contribution is -2.65. The molecule has 3 aliphatic heterocycles. The summed E-state index contributed by atoms with van der Waals surface area (Å²) in [6, 6.07) is 7.74. The van der Waals surface area contributed by atoms with Gasteiger partial charge in [0.15, 0.2) is 6.04 Å². The zero-order valence-corrected chi connectivity index (χ0v) is 26.4. The SMILES string of the molecule is CC(C)(C)C(=O)OCOC(=O)[C@@H]1N2C(=O)[C@@H](N=CN3CCC(OCCNC(=O)c4ccccc4)CC3)[C@H]2SC1(C)C.Cl. The Labute approximate surface area is 257 Å². The number of carbonyl (C=O) groups excluding carboxylic acids is 4. The van der Waals surface area contributed by atoms with E-state index in [2.05, 4.69) is 15.2 Å². The number of esters is 2. The number of thioether (sulfide) groups is 1. The van der Waals surface area contributed by atoms with E-state index in [-0.39, 0.29) is 35.7 Å². The average Bonchev–Trinajstić information content (AvgIpc) is 3.19. The van der Waals surface area contributed by atoms with Crippen molar-refractivity contribution in [2.24, 2.45) is 10.4 Å². The van der Waals surface area contributed by atoms with Crippen LogP contribution in [0.15, 0.2) is 35.3 Å². The highest BCUT2D eigenvalue weighted by atomic mass is 35.5. The molecule has 13 heteroatoms. The molecule has 0 aliphatic carbocycles. The number of nitrogens with zero attached hydrogens (tertiary/aromatic N) is 3. The maximum Gasteiger partial charge on any atom is 0.333 e. The molecule has 0 saturated carbocycles. The van der Waals surface area contributed by atoms with E-state index in [4.69, 9.17) is 14.2 Å². The van der Waals surface area contributed by atoms with Crippen molar-refractivity contribution in [3.8, 4) is 0 Å². The van der Waals surface area contributed by atoms with Crippen molar-refractivity contribution in [2.45, 2.75) is 75.8 Å². The Hall–Kier alpha value is -2.83. The van der Waals surface area contributed by atoms with Crippen LogP contribution in [0, 0.1) is 5.41 Å². The lowest BCUT2D eigenvalue weighted by atomic mass is 9.96. The second-order valence-electron chi connectivity index (χ2n) is 12.0. The van der Waals surface area contributed by atoms with E-state index >= 15 is 0 Å². The van der Waals surface area contributed by atoms with Crippen LogP contribution in [0.4, 0.5) is 0 Å². The van der Waals surface area contributed by atoms with Gasteiger partial charge in [-0.15, -0.1) is 24.2 Å². The fourth-order valence-electron chi connectivity index (χ4n) is 4.95. The molecule has 0 bridgehead atoms. The van der Waals surface area contributed by atoms with E-state index < -0.39 is 41.0 Å². The predicted molar refractivity (Wildman–Crippen MR) is 161 cm³/mol. The molecular formula is C29H41ClN4O7S. The van der Waals surface area contributed by atoms with Crippen LogP contribution in [0.5, 0.6) is 0 Å². The molecule has 3 aliphatic rings. The van der Waals surface area contributed by atoms with Crippen molar-refractivity contribution in [2.75, 3.05) is 33.0 Å². The van der Waals surface area contributed by atoms with Crippen LogP contribution >= 0.6 is 24.2 Å². The number of rotatable bonds is 10. The largest absolute Gasteiger partial charge is 0.427 e. The number of hydrogen-bond donors (Lipinski definition) is 1. The first-order valence-corrected chi connectivity index (χ1v) is 14.8. The number of fused-ring (bicyclic) bond motifs is 1. The number of piperidine rings is 1. The predicted octanol–water partition coefficient (Wildman–Crippen LogP) is 2.87. The van der Waals surface area contributed by atoms with E-state index in [0.717, 1.165) is 25.9 Å². The number of nitrogens with one attached hydrogen (secondary N) is 1. The van der Waals surface area contributed by atoms with Gasteiger partial charge in [-0.2, -0.15) is 0 Å². The van der Waals surface area contributed by atoms with Crippen LogP contribution in [-0.2, 0) is 28.6 Å². The second-order valence-corrected chi connectivity index (χ2v) is 13.7. The zero-order chi connectivity index (χ0) is 29.8. The molecule has 4 rings (SSSR count). The summed E-state index contributed by atoms with van der Waals surface area (Å²) in [6.45, 7) is 10.8. The summed E-state index contributed by atoms with van der Waals surface area (Å²) < 4.78 is 15.6. The van der Waals surface area contributed by atoms with Gasteiger partial charge in [-0.1, -0.05) is 18.2 Å². The Bertz CT molecular complexity index is 1150. The van der Waals surface area contributed by atoms with Crippen LogP contribution in [-0.4, -0.2) is 101 Å². The van der Waals surface area contributed by atoms with Gasteiger partial charge < -0.3 is 29.3 Å². The molecule has 1 aromatic rings. The number of β-lactam (4-membered cyclic amide) rings is 1. The summed E-state index contributed by atoms with van der Waals surface area (Å²) in [5.74, 6) is -1.39. The molecule has 0 spiro atoms. The summed E-state index contributed by atoms with van der Waals surface area (Å²) in [6.07, 6.45) is 3.49. The molecule has 1 N–H and O–H groups in total. The highest BCUT2D eigenvalue weighted by Crippen LogP contribution is 2.51. The highest BCUT2D eigenvalue weighted by molar-refractivity contribution is 8.01. The molecule has 1 aromatic carbocycles. The highest BCUT2D eigenvalue weighted by Gasteiger charge is 2.64. The first kappa shape index (κ1) is 33.7. The van der Waals surface area contributed by atoms with Gasteiger partial charge in [0.1, 0.15) is 11.4 Å². The van der Waals surface area contributed by atoms with Crippen molar-refractivity contribution in [3.05, 3.63) is 35.9 Å². The quantitative estimate of drug-likeness (QED) is 0.104. The molecule has 0 aromatic heterocycles. The summed E-state index contributed by atoms with van der Waals surface area (Å²) in [4.78, 5) is 58.1.